The Morgan fingerprint density at radius 1 is 1.24 bits per heavy atom. The Morgan fingerprint density at radius 2 is 2.06 bits per heavy atom. The third-order valence-electron chi connectivity index (χ3n) is 3.55. The Labute approximate surface area is 103 Å². The molecule has 4 heteroatoms. The number of rotatable bonds is 3. The van der Waals surface area contributed by atoms with Crippen molar-refractivity contribution in [2.24, 2.45) is 5.92 Å². The van der Waals surface area contributed by atoms with E-state index < -0.39 is 0 Å². The molecule has 17 heavy (non-hydrogen) atoms. The highest BCUT2D eigenvalue weighted by Gasteiger charge is 2.20. The summed E-state index contributed by atoms with van der Waals surface area (Å²) in [5.41, 5.74) is 0. The molecule has 0 saturated heterocycles. The molecule has 0 aromatic carbocycles. The molecule has 1 aliphatic rings. The van der Waals surface area contributed by atoms with Crippen LogP contribution in [0.1, 0.15) is 39.0 Å². The zero-order chi connectivity index (χ0) is 12.1. The van der Waals surface area contributed by atoms with Crippen LogP contribution in [0.3, 0.4) is 0 Å². The van der Waals surface area contributed by atoms with Gasteiger partial charge in [-0.15, -0.1) is 0 Å². The monoisotopic (exact) mass is 235 g/mol. The van der Waals surface area contributed by atoms with Crippen molar-refractivity contribution in [3.05, 3.63) is 12.4 Å². The second kappa shape index (κ2) is 5.84. The molecule has 0 bridgehead atoms. The van der Waals surface area contributed by atoms with Crippen molar-refractivity contribution in [2.75, 3.05) is 12.4 Å². The van der Waals surface area contributed by atoms with Gasteiger partial charge in [0.05, 0.1) is 7.11 Å². The molecule has 1 heterocycles. The molecule has 1 fully saturated rings. The fourth-order valence-corrected chi connectivity index (χ4v) is 2.43. The van der Waals surface area contributed by atoms with Crippen LogP contribution in [-0.2, 0) is 0 Å². The summed E-state index contributed by atoms with van der Waals surface area (Å²) in [6.07, 6.45) is 8.10. The van der Waals surface area contributed by atoms with E-state index in [0.29, 0.717) is 17.8 Å². The van der Waals surface area contributed by atoms with Crippen LogP contribution < -0.4 is 10.1 Å². The van der Waals surface area contributed by atoms with Crippen LogP contribution in [0.2, 0.25) is 0 Å². The van der Waals surface area contributed by atoms with E-state index >= 15 is 0 Å². The molecule has 4 nitrogen and oxygen atoms in total. The predicted octanol–water partition coefficient (Wildman–Crippen LogP) is 2.87. The Hall–Kier alpha value is -1.32. The van der Waals surface area contributed by atoms with Crippen LogP contribution in [0.4, 0.5) is 5.82 Å². The van der Waals surface area contributed by atoms with Crippen LogP contribution in [0.15, 0.2) is 12.4 Å². The van der Waals surface area contributed by atoms with E-state index in [1.807, 2.05) is 6.07 Å². The summed E-state index contributed by atoms with van der Waals surface area (Å²) < 4.78 is 5.10. The first kappa shape index (κ1) is 12.1. The first-order chi connectivity index (χ1) is 8.29. The molecule has 1 aromatic heterocycles. The number of anilines is 1. The standard InChI is InChI=1S/C13H21N3O/c1-10-6-4-3-5-7-11(10)16-12-8-13(17-2)15-9-14-12/h8-11H,3-7H2,1-2H3,(H,14,15,16). The van der Waals surface area contributed by atoms with Crippen molar-refractivity contribution in [2.45, 2.75) is 45.1 Å². The van der Waals surface area contributed by atoms with Crippen molar-refractivity contribution in [3.63, 3.8) is 0 Å². The zero-order valence-corrected chi connectivity index (χ0v) is 10.6. The van der Waals surface area contributed by atoms with E-state index in [0.717, 1.165) is 5.82 Å². The molecule has 0 amide bonds. The summed E-state index contributed by atoms with van der Waals surface area (Å²) in [6, 6.07) is 2.38. The SMILES string of the molecule is COc1cc(NC2CCCCCC2C)ncn1. The second-order valence-corrected chi connectivity index (χ2v) is 4.81. The Kier molecular flexibility index (Phi) is 4.18. The van der Waals surface area contributed by atoms with Crippen molar-refractivity contribution < 1.29 is 4.74 Å². The number of ether oxygens (including phenoxy) is 1. The lowest BCUT2D eigenvalue weighted by atomic mass is 9.97. The molecule has 2 rings (SSSR count). The second-order valence-electron chi connectivity index (χ2n) is 4.81. The Balaban J connectivity index is 2.02. The normalized spacial score (nSPS) is 25.1. The highest BCUT2D eigenvalue weighted by Crippen LogP contribution is 2.25. The third-order valence-corrected chi connectivity index (χ3v) is 3.55. The van der Waals surface area contributed by atoms with Gasteiger partial charge in [0.2, 0.25) is 5.88 Å². The zero-order valence-electron chi connectivity index (χ0n) is 10.6. The van der Waals surface area contributed by atoms with Gasteiger partial charge in [-0.3, -0.25) is 0 Å². The molecular weight excluding hydrogens is 214 g/mol. The summed E-state index contributed by atoms with van der Waals surface area (Å²) in [7, 11) is 1.63. The van der Waals surface area contributed by atoms with Crippen LogP contribution in [0.5, 0.6) is 5.88 Å². The van der Waals surface area contributed by atoms with Crippen molar-refractivity contribution in [1.29, 1.82) is 0 Å². The van der Waals surface area contributed by atoms with Crippen molar-refractivity contribution in [3.8, 4) is 5.88 Å². The molecule has 1 saturated carbocycles. The summed E-state index contributed by atoms with van der Waals surface area (Å²) in [5, 5.41) is 3.51. The van der Waals surface area contributed by atoms with E-state index in [2.05, 4.69) is 22.2 Å². The number of nitrogens with zero attached hydrogens (tertiary/aromatic N) is 2. The Morgan fingerprint density at radius 3 is 2.88 bits per heavy atom. The highest BCUT2D eigenvalue weighted by atomic mass is 16.5. The molecule has 0 spiro atoms. The topological polar surface area (TPSA) is 47.0 Å². The molecular formula is C13H21N3O. The predicted molar refractivity (Wildman–Crippen MR) is 68.2 cm³/mol. The van der Waals surface area contributed by atoms with Gasteiger partial charge in [-0.25, -0.2) is 9.97 Å². The number of hydrogen-bond acceptors (Lipinski definition) is 4. The van der Waals surface area contributed by atoms with E-state index in [-0.39, 0.29) is 0 Å². The maximum absolute atomic E-state index is 5.10. The van der Waals surface area contributed by atoms with Crippen molar-refractivity contribution in [1.82, 2.24) is 9.97 Å². The summed E-state index contributed by atoms with van der Waals surface area (Å²) in [4.78, 5) is 8.26. The summed E-state index contributed by atoms with van der Waals surface area (Å²) >= 11 is 0. The number of hydrogen-bond donors (Lipinski definition) is 1. The Bertz CT molecular complexity index is 356. The molecule has 2 atom stereocenters. The fourth-order valence-electron chi connectivity index (χ4n) is 2.43. The molecule has 1 aromatic rings. The van der Waals surface area contributed by atoms with E-state index in [4.69, 9.17) is 4.74 Å². The highest BCUT2D eigenvalue weighted by molar-refractivity contribution is 5.38. The summed E-state index contributed by atoms with van der Waals surface area (Å²) in [5.74, 6) is 2.19. The minimum absolute atomic E-state index is 0.525. The first-order valence-electron chi connectivity index (χ1n) is 6.42. The van der Waals surface area contributed by atoms with Crippen LogP contribution in [0.25, 0.3) is 0 Å². The number of nitrogens with one attached hydrogen (secondary N) is 1. The average molecular weight is 235 g/mol. The average Bonchev–Trinajstić information content (AvgIpc) is 2.55. The molecule has 1 N–H and O–H groups in total. The largest absolute Gasteiger partial charge is 0.481 e. The van der Waals surface area contributed by atoms with Crippen molar-refractivity contribution >= 4 is 5.82 Å². The lowest BCUT2D eigenvalue weighted by molar-refractivity contribution is 0.396. The van der Waals surface area contributed by atoms with Gasteiger partial charge in [0.1, 0.15) is 12.1 Å². The van der Waals surface area contributed by atoms with Gasteiger partial charge in [-0.05, 0) is 18.8 Å². The maximum atomic E-state index is 5.10. The van der Waals surface area contributed by atoms with Gasteiger partial charge in [-0.1, -0.05) is 26.2 Å². The van der Waals surface area contributed by atoms with E-state index in [1.165, 1.54) is 32.1 Å². The van der Waals surface area contributed by atoms with Crippen LogP contribution in [0, 0.1) is 5.92 Å². The third kappa shape index (κ3) is 3.32. The van der Waals surface area contributed by atoms with Crippen LogP contribution >= 0.6 is 0 Å². The number of methoxy groups -OCH3 is 1. The van der Waals surface area contributed by atoms with Gasteiger partial charge in [0.15, 0.2) is 0 Å². The molecule has 0 radical (unpaired) electrons. The van der Waals surface area contributed by atoms with Gasteiger partial charge in [0, 0.05) is 12.1 Å². The van der Waals surface area contributed by atoms with E-state index in [1.54, 1.807) is 13.4 Å². The fraction of sp³-hybridized carbons (Fsp3) is 0.692. The lowest BCUT2D eigenvalue weighted by Crippen LogP contribution is -2.26. The smallest absolute Gasteiger partial charge is 0.218 e. The minimum Gasteiger partial charge on any atom is -0.481 e. The van der Waals surface area contributed by atoms with Gasteiger partial charge in [-0.2, -0.15) is 0 Å². The van der Waals surface area contributed by atoms with E-state index in [9.17, 15) is 0 Å². The van der Waals surface area contributed by atoms with Gasteiger partial charge < -0.3 is 10.1 Å². The van der Waals surface area contributed by atoms with Crippen LogP contribution in [-0.4, -0.2) is 23.1 Å². The molecule has 94 valence electrons. The van der Waals surface area contributed by atoms with Gasteiger partial charge >= 0.3 is 0 Å². The molecule has 0 aliphatic heterocycles. The quantitative estimate of drug-likeness (QED) is 0.818. The molecule has 2 unspecified atom stereocenters. The lowest BCUT2D eigenvalue weighted by Gasteiger charge is -2.23. The summed E-state index contributed by atoms with van der Waals surface area (Å²) in [6.45, 7) is 2.32. The number of aromatic nitrogens is 2. The minimum atomic E-state index is 0.525. The van der Waals surface area contributed by atoms with Gasteiger partial charge in [0.25, 0.3) is 0 Å². The molecule has 1 aliphatic carbocycles. The maximum Gasteiger partial charge on any atom is 0.218 e. The first-order valence-corrected chi connectivity index (χ1v) is 6.42.